The Hall–Kier alpha value is -3.28. The summed E-state index contributed by atoms with van der Waals surface area (Å²) in [6.07, 6.45) is 5.29. The summed E-state index contributed by atoms with van der Waals surface area (Å²) >= 11 is 0. The van der Waals surface area contributed by atoms with E-state index in [2.05, 4.69) is 0 Å². The molecular weight excluding hydrogens is 466 g/mol. The molecule has 37 heavy (non-hydrogen) atoms. The second kappa shape index (κ2) is 12.3. The molecule has 1 saturated heterocycles. The maximum Gasteiger partial charge on any atom is 0.329 e. The number of Topliss-reactive ketones (excluding diaryl/α,β-unsaturated/α-hetero) is 2. The van der Waals surface area contributed by atoms with Gasteiger partial charge < -0.3 is 9.64 Å². The standard InChI is InChI=1S/C31H37NO5/c1-23(33)21-31(16-8-9-17-31)28(34)20-26(19-24-11-4-2-5-12-24)29(35)32-18-10-15-27(32)30(36)37-22-25-13-6-3-7-14-25/h2-7,11-14,26-27H,8-10,15-22H2,1H3/t26-,27+/m1/s1. The number of nitrogens with zero attached hydrogens (tertiary/aromatic N) is 1. The molecule has 2 aromatic rings. The van der Waals surface area contributed by atoms with E-state index in [9.17, 15) is 19.2 Å². The Labute approximate surface area is 219 Å². The molecule has 2 atom stereocenters. The van der Waals surface area contributed by atoms with E-state index in [4.69, 9.17) is 4.74 Å². The van der Waals surface area contributed by atoms with Crippen LogP contribution in [-0.2, 0) is 36.9 Å². The van der Waals surface area contributed by atoms with Gasteiger partial charge in [-0.1, -0.05) is 73.5 Å². The van der Waals surface area contributed by atoms with Gasteiger partial charge in [-0.05, 0) is 50.2 Å². The van der Waals surface area contributed by atoms with Crippen molar-refractivity contribution in [3.8, 4) is 0 Å². The molecular formula is C31H37NO5. The summed E-state index contributed by atoms with van der Waals surface area (Å²) in [6, 6.07) is 18.5. The minimum Gasteiger partial charge on any atom is -0.459 e. The number of amides is 1. The molecule has 1 aliphatic carbocycles. The third kappa shape index (κ3) is 6.73. The second-order valence-corrected chi connectivity index (χ2v) is 10.7. The number of ether oxygens (including phenoxy) is 1. The Morgan fingerprint density at radius 3 is 2.16 bits per heavy atom. The molecule has 0 unspecified atom stereocenters. The van der Waals surface area contributed by atoms with E-state index in [-0.39, 0.29) is 36.9 Å². The van der Waals surface area contributed by atoms with Gasteiger partial charge >= 0.3 is 5.97 Å². The smallest absolute Gasteiger partial charge is 0.329 e. The first-order chi connectivity index (χ1) is 17.9. The SMILES string of the molecule is CC(=O)CC1(C(=O)C[C@@H](Cc2ccccc2)C(=O)N2CCC[C@H]2C(=O)OCc2ccccc2)CCCC1. The Morgan fingerprint density at radius 2 is 1.54 bits per heavy atom. The molecule has 1 aliphatic heterocycles. The normalized spacial score (nSPS) is 19.4. The molecule has 196 valence electrons. The number of ketones is 2. The van der Waals surface area contributed by atoms with Crippen LogP contribution in [0.25, 0.3) is 0 Å². The largest absolute Gasteiger partial charge is 0.459 e. The topological polar surface area (TPSA) is 80.8 Å². The van der Waals surface area contributed by atoms with Gasteiger partial charge in [-0.25, -0.2) is 4.79 Å². The Kier molecular flexibility index (Phi) is 8.91. The van der Waals surface area contributed by atoms with E-state index in [0.717, 1.165) is 30.4 Å². The van der Waals surface area contributed by atoms with Gasteiger partial charge in [0.1, 0.15) is 24.2 Å². The van der Waals surface area contributed by atoms with E-state index < -0.39 is 23.3 Å². The zero-order valence-corrected chi connectivity index (χ0v) is 21.7. The second-order valence-electron chi connectivity index (χ2n) is 10.7. The van der Waals surface area contributed by atoms with Gasteiger partial charge in [0.2, 0.25) is 5.91 Å². The van der Waals surface area contributed by atoms with Crippen molar-refractivity contribution in [2.75, 3.05) is 6.54 Å². The third-order valence-corrected chi connectivity index (χ3v) is 7.88. The fourth-order valence-electron chi connectivity index (χ4n) is 6.00. The average molecular weight is 504 g/mol. The van der Waals surface area contributed by atoms with E-state index >= 15 is 0 Å². The summed E-state index contributed by atoms with van der Waals surface area (Å²) in [6.45, 7) is 2.18. The van der Waals surface area contributed by atoms with Crippen LogP contribution in [0.4, 0.5) is 0 Å². The predicted octanol–water partition coefficient (Wildman–Crippen LogP) is 5.08. The highest BCUT2D eigenvalue weighted by molar-refractivity contribution is 5.94. The molecule has 4 rings (SSSR count). The van der Waals surface area contributed by atoms with Crippen LogP contribution in [0.1, 0.15) is 69.4 Å². The molecule has 2 fully saturated rings. The van der Waals surface area contributed by atoms with E-state index in [1.165, 1.54) is 6.92 Å². The molecule has 2 aliphatic rings. The van der Waals surface area contributed by atoms with Gasteiger partial charge in [0.25, 0.3) is 0 Å². The quantitative estimate of drug-likeness (QED) is 0.400. The fraction of sp³-hybridized carbons (Fsp3) is 0.484. The van der Waals surface area contributed by atoms with Crippen LogP contribution < -0.4 is 0 Å². The van der Waals surface area contributed by atoms with Crippen LogP contribution in [0, 0.1) is 11.3 Å². The van der Waals surface area contributed by atoms with Crippen molar-refractivity contribution in [3.63, 3.8) is 0 Å². The molecule has 0 aromatic heterocycles. The van der Waals surface area contributed by atoms with Gasteiger partial charge in [0.15, 0.2) is 0 Å². The van der Waals surface area contributed by atoms with Gasteiger partial charge in [-0.3, -0.25) is 14.4 Å². The van der Waals surface area contributed by atoms with Crippen molar-refractivity contribution in [1.82, 2.24) is 4.90 Å². The van der Waals surface area contributed by atoms with Gasteiger partial charge in [-0.15, -0.1) is 0 Å². The van der Waals surface area contributed by atoms with Gasteiger partial charge in [-0.2, -0.15) is 0 Å². The molecule has 1 saturated carbocycles. The molecule has 0 spiro atoms. The summed E-state index contributed by atoms with van der Waals surface area (Å²) in [5.74, 6) is -1.13. The summed E-state index contributed by atoms with van der Waals surface area (Å²) in [5, 5.41) is 0. The minimum absolute atomic E-state index is 0.0110. The van der Waals surface area contributed by atoms with Gasteiger partial charge in [0, 0.05) is 30.7 Å². The monoisotopic (exact) mass is 503 g/mol. The fourth-order valence-corrected chi connectivity index (χ4v) is 6.00. The average Bonchev–Trinajstić information content (AvgIpc) is 3.58. The van der Waals surface area contributed by atoms with Gasteiger partial charge in [0.05, 0.1) is 0 Å². The highest BCUT2D eigenvalue weighted by Crippen LogP contribution is 2.44. The Balaban J connectivity index is 1.50. The zero-order valence-electron chi connectivity index (χ0n) is 21.7. The predicted molar refractivity (Wildman–Crippen MR) is 140 cm³/mol. The molecule has 1 heterocycles. The van der Waals surface area contributed by atoms with Crippen molar-refractivity contribution >= 4 is 23.4 Å². The lowest BCUT2D eigenvalue weighted by molar-refractivity contribution is -0.156. The molecule has 1 amide bonds. The van der Waals surface area contributed by atoms with Crippen LogP contribution in [0.2, 0.25) is 0 Å². The van der Waals surface area contributed by atoms with E-state index in [1.54, 1.807) is 4.90 Å². The summed E-state index contributed by atoms with van der Waals surface area (Å²) < 4.78 is 5.58. The van der Waals surface area contributed by atoms with Crippen LogP contribution >= 0.6 is 0 Å². The van der Waals surface area contributed by atoms with E-state index in [1.807, 2.05) is 60.7 Å². The zero-order chi connectivity index (χ0) is 26.3. The number of likely N-dealkylation sites (tertiary alicyclic amines) is 1. The summed E-state index contributed by atoms with van der Waals surface area (Å²) in [4.78, 5) is 54.3. The number of carbonyl (C=O) groups excluding carboxylic acids is 4. The highest BCUT2D eigenvalue weighted by atomic mass is 16.5. The lowest BCUT2D eigenvalue weighted by Crippen LogP contribution is -2.46. The minimum atomic E-state index is -0.653. The molecule has 6 nitrogen and oxygen atoms in total. The maximum atomic E-state index is 13.9. The first-order valence-electron chi connectivity index (χ1n) is 13.5. The first kappa shape index (κ1) is 26.8. The maximum absolute atomic E-state index is 13.9. The number of hydrogen-bond donors (Lipinski definition) is 0. The van der Waals surface area contributed by atoms with Crippen LogP contribution in [-0.4, -0.2) is 40.9 Å². The highest BCUT2D eigenvalue weighted by Gasteiger charge is 2.44. The van der Waals surface area contributed by atoms with Crippen LogP contribution in [0.5, 0.6) is 0 Å². The molecule has 6 heteroatoms. The summed E-state index contributed by atoms with van der Waals surface area (Å²) in [5.41, 5.74) is 1.22. The number of hydrogen-bond acceptors (Lipinski definition) is 5. The lowest BCUT2D eigenvalue weighted by atomic mass is 9.74. The Morgan fingerprint density at radius 1 is 0.919 bits per heavy atom. The third-order valence-electron chi connectivity index (χ3n) is 7.88. The van der Waals surface area contributed by atoms with Crippen molar-refractivity contribution < 1.29 is 23.9 Å². The summed E-state index contributed by atoms with van der Waals surface area (Å²) in [7, 11) is 0. The Bertz CT molecular complexity index is 1090. The molecule has 0 N–H and O–H groups in total. The van der Waals surface area contributed by atoms with Crippen molar-refractivity contribution in [2.45, 2.75) is 77.4 Å². The van der Waals surface area contributed by atoms with E-state index in [0.29, 0.717) is 32.2 Å². The van der Waals surface area contributed by atoms with Crippen molar-refractivity contribution in [2.24, 2.45) is 11.3 Å². The first-order valence-corrected chi connectivity index (χ1v) is 13.5. The molecule has 2 aromatic carbocycles. The van der Waals surface area contributed by atoms with Crippen LogP contribution in [0.15, 0.2) is 60.7 Å². The van der Waals surface area contributed by atoms with Crippen molar-refractivity contribution in [3.05, 3.63) is 71.8 Å². The number of esters is 1. The number of rotatable bonds is 11. The number of carbonyl (C=O) groups is 4. The molecule has 0 radical (unpaired) electrons. The number of benzene rings is 2. The molecule has 0 bridgehead atoms. The lowest BCUT2D eigenvalue weighted by Gasteiger charge is -2.31. The van der Waals surface area contributed by atoms with Crippen LogP contribution in [0.3, 0.4) is 0 Å². The van der Waals surface area contributed by atoms with Crippen molar-refractivity contribution in [1.29, 1.82) is 0 Å².